The Hall–Kier alpha value is -2.84. The number of phenolic OH excluding ortho intramolecular Hbond substituents is 1. The average Bonchev–Trinajstić information content (AvgIpc) is 2.55. The van der Waals surface area contributed by atoms with Gasteiger partial charge in [0, 0.05) is 15.6 Å². The first-order valence-corrected chi connectivity index (χ1v) is 7.61. The maximum atomic E-state index is 12.2. The van der Waals surface area contributed by atoms with Crippen LogP contribution in [-0.2, 0) is 0 Å². The number of aromatic hydroxyl groups is 1. The van der Waals surface area contributed by atoms with E-state index in [4.69, 9.17) is 0 Å². The Balaban J connectivity index is 2.27. The summed E-state index contributed by atoms with van der Waals surface area (Å²) in [6, 6.07) is 17.7. The van der Waals surface area contributed by atoms with Gasteiger partial charge >= 0.3 is 0 Å². The van der Waals surface area contributed by atoms with Crippen LogP contribution in [0.1, 0.15) is 5.56 Å². The molecule has 0 spiro atoms. The Bertz CT molecular complexity index is 970. The highest BCUT2D eigenvalue weighted by molar-refractivity contribution is 9.10. The SMILES string of the molecule is N#Cc1c(-c2ccc(Br)cc2)cc(-c2ccccc2O)[nH]c1=O. The predicted octanol–water partition coefficient (Wildman–Crippen LogP) is 4.05. The van der Waals surface area contributed by atoms with Crippen molar-refractivity contribution in [3.8, 4) is 34.2 Å². The molecule has 4 nitrogen and oxygen atoms in total. The lowest BCUT2D eigenvalue weighted by atomic mass is 9.99. The van der Waals surface area contributed by atoms with Gasteiger partial charge in [-0.05, 0) is 35.9 Å². The van der Waals surface area contributed by atoms with E-state index >= 15 is 0 Å². The highest BCUT2D eigenvalue weighted by Crippen LogP contribution is 2.31. The number of hydrogen-bond donors (Lipinski definition) is 2. The van der Waals surface area contributed by atoms with Crippen LogP contribution in [0.25, 0.3) is 22.4 Å². The van der Waals surface area contributed by atoms with Crippen molar-refractivity contribution in [2.24, 2.45) is 0 Å². The van der Waals surface area contributed by atoms with E-state index in [-0.39, 0.29) is 11.3 Å². The van der Waals surface area contributed by atoms with Crippen molar-refractivity contribution in [3.63, 3.8) is 0 Å². The number of pyridine rings is 1. The fourth-order valence-electron chi connectivity index (χ4n) is 2.37. The number of nitrogens with zero attached hydrogens (tertiary/aromatic N) is 1. The molecule has 5 heteroatoms. The molecule has 2 N–H and O–H groups in total. The molecule has 3 aromatic rings. The average molecular weight is 367 g/mol. The van der Waals surface area contributed by atoms with Gasteiger partial charge in [-0.25, -0.2) is 0 Å². The number of aromatic nitrogens is 1. The minimum Gasteiger partial charge on any atom is -0.507 e. The van der Waals surface area contributed by atoms with Gasteiger partial charge in [-0.2, -0.15) is 5.26 Å². The number of H-pyrrole nitrogens is 1. The van der Waals surface area contributed by atoms with Crippen molar-refractivity contribution >= 4 is 15.9 Å². The van der Waals surface area contributed by atoms with E-state index in [0.717, 1.165) is 10.0 Å². The molecule has 2 aromatic carbocycles. The molecule has 0 unspecified atom stereocenters. The number of benzene rings is 2. The van der Waals surface area contributed by atoms with Crippen LogP contribution in [0.3, 0.4) is 0 Å². The summed E-state index contributed by atoms with van der Waals surface area (Å²) >= 11 is 3.36. The number of para-hydroxylation sites is 1. The number of halogens is 1. The van der Waals surface area contributed by atoms with Crippen LogP contribution in [0.4, 0.5) is 0 Å². The Morgan fingerprint density at radius 3 is 2.39 bits per heavy atom. The number of nitriles is 1. The molecule has 0 atom stereocenters. The van der Waals surface area contributed by atoms with Crippen molar-refractivity contribution in [3.05, 3.63) is 75.0 Å². The van der Waals surface area contributed by atoms with Gasteiger partial charge < -0.3 is 10.1 Å². The summed E-state index contributed by atoms with van der Waals surface area (Å²) in [5, 5.41) is 19.3. The molecule has 0 amide bonds. The zero-order chi connectivity index (χ0) is 16.4. The van der Waals surface area contributed by atoms with Crippen LogP contribution in [0.2, 0.25) is 0 Å². The summed E-state index contributed by atoms with van der Waals surface area (Å²) in [5.74, 6) is 0.0645. The molecule has 3 rings (SSSR count). The van der Waals surface area contributed by atoms with E-state index in [1.54, 1.807) is 30.3 Å². The summed E-state index contributed by atoms with van der Waals surface area (Å²) < 4.78 is 0.908. The number of phenols is 1. The summed E-state index contributed by atoms with van der Waals surface area (Å²) in [7, 11) is 0. The lowest BCUT2D eigenvalue weighted by Gasteiger charge is -2.09. The summed E-state index contributed by atoms with van der Waals surface area (Å²) in [6.45, 7) is 0. The first kappa shape index (κ1) is 15.1. The Kier molecular flexibility index (Phi) is 4.00. The summed E-state index contributed by atoms with van der Waals surface area (Å²) in [6.07, 6.45) is 0. The van der Waals surface area contributed by atoms with Gasteiger partial charge in [0.25, 0.3) is 5.56 Å². The van der Waals surface area contributed by atoms with Gasteiger partial charge in [0.2, 0.25) is 0 Å². The van der Waals surface area contributed by atoms with Gasteiger partial charge in [0.15, 0.2) is 0 Å². The Labute approximate surface area is 140 Å². The van der Waals surface area contributed by atoms with Crippen molar-refractivity contribution < 1.29 is 5.11 Å². The molecule has 0 bridgehead atoms. The molecule has 1 aromatic heterocycles. The third-order valence-corrected chi connectivity index (χ3v) is 4.02. The van der Waals surface area contributed by atoms with Gasteiger partial charge in [0.1, 0.15) is 17.4 Å². The molecular weight excluding hydrogens is 356 g/mol. The smallest absolute Gasteiger partial charge is 0.266 e. The molecule has 0 aliphatic rings. The molecular formula is C18H11BrN2O2. The van der Waals surface area contributed by atoms with E-state index in [2.05, 4.69) is 20.9 Å². The van der Waals surface area contributed by atoms with Crippen molar-refractivity contribution in [1.29, 1.82) is 5.26 Å². The van der Waals surface area contributed by atoms with Gasteiger partial charge in [0.05, 0.1) is 5.69 Å². The highest BCUT2D eigenvalue weighted by Gasteiger charge is 2.13. The van der Waals surface area contributed by atoms with E-state index in [9.17, 15) is 15.2 Å². The minimum atomic E-state index is -0.480. The second-order valence-corrected chi connectivity index (χ2v) is 5.85. The molecule has 0 saturated heterocycles. The van der Waals surface area contributed by atoms with Crippen LogP contribution in [-0.4, -0.2) is 10.1 Å². The molecule has 1 heterocycles. The first-order valence-electron chi connectivity index (χ1n) is 6.82. The monoisotopic (exact) mass is 366 g/mol. The number of aromatic amines is 1. The quantitative estimate of drug-likeness (QED) is 0.718. The molecule has 0 fully saturated rings. The highest BCUT2D eigenvalue weighted by atomic mass is 79.9. The lowest BCUT2D eigenvalue weighted by Crippen LogP contribution is -2.12. The first-order chi connectivity index (χ1) is 11.1. The van der Waals surface area contributed by atoms with Crippen molar-refractivity contribution in [2.75, 3.05) is 0 Å². The Morgan fingerprint density at radius 2 is 1.74 bits per heavy atom. The van der Waals surface area contributed by atoms with Gasteiger partial charge in [-0.3, -0.25) is 4.79 Å². The standard InChI is InChI=1S/C18H11BrN2O2/c19-12-7-5-11(6-8-12)14-9-16(21-18(23)15(14)10-20)13-3-1-2-4-17(13)22/h1-9,22H,(H,21,23). The van der Waals surface area contributed by atoms with Crippen LogP contribution in [0, 0.1) is 11.3 Å². The maximum absolute atomic E-state index is 12.2. The Morgan fingerprint density at radius 1 is 1.04 bits per heavy atom. The molecule has 0 aliphatic carbocycles. The fraction of sp³-hybridized carbons (Fsp3) is 0. The zero-order valence-corrected chi connectivity index (χ0v) is 13.5. The van der Waals surface area contributed by atoms with Crippen molar-refractivity contribution in [2.45, 2.75) is 0 Å². The van der Waals surface area contributed by atoms with Crippen molar-refractivity contribution in [1.82, 2.24) is 4.98 Å². The molecule has 23 heavy (non-hydrogen) atoms. The predicted molar refractivity (Wildman–Crippen MR) is 92.0 cm³/mol. The second kappa shape index (κ2) is 6.11. The van der Waals surface area contributed by atoms with Crippen LogP contribution in [0.5, 0.6) is 5.75 Å². The van der Waals surface area contributed by atoms with Gasteiger partial charge in [-0.15, -0.1) is 0 Å². The van der Waals surface area contributed by atoms with Crippen LogP contribution in [0.15, 0.2) is 63.9 Å². The topological polar surface area (TPSA) is 76.9 Å². The number of rotatable bonds is 2. The largest absolute Gasteiger partial charge is 0.507 e. The summed E-state index contributed by atoms with van der Waals surface area (Å²) in [4.78, 5) is 14.9. The third kappa shape index (κ3) is 2.89. The normalized spacial score (nSPS) is 10.3. The second-order valence-electron chi connectivity index (χ2n) is 4.94. The van der Waals surface area contributed by atoms with E-state index in [0.29, 0.717) is 16.8 Å². The molecule has 112 valence electrons. The lowest BCUT2D eigenvalue weighted by molar-refractivity contribution is 0.477. The van der Waals surface area contributed by atoms with E-state index < -0.39 is 5.56 Å². The molecule has 0 radical (unpaired) electrons. The van der Waals surface area contributed by atoms with Crippen LogP contribution < -0.4 is 5.56 Å². The summed E-state index contributed by atoms with van der Waals surface area (Å²) in [5.41, 5.74) is 1.82. The minimum absolute atomic E-state index is 0.0477. The van der Waals surface area contributed by atoms with E-state index in [1.165, 1.54) is 0 Å². The van der Waals surface area contributed by atoms with E-state index in [1.807, 2.05) is 30.3 Å². The molecule has 0 aliphatic heterocycles. The third-order valence-electron chi connectivity index (χ3n) is 3.49. The van der Waals surface area contributed by atoms with Crippen LogP contribution >= 0.6 is 15.9 Å². The molecule has 0 saturated carbocycles. The zero-order valence-electron chi connectivity index (χ0n) is 11.9. The number of hydrogen-bond acceptors (Lipinski definition) is 3. The fourth-order valence-corrected chi connectivity index (χ4v) is 2.64. The number of nitrogens with one attached hydrogen (secondary N) is 1. The maximum Gasteiger partial charge on any atom is 0.266 e. The van der Waals surface area contributed by atoms with Gasteiger partial charge in [-0.1, -0.05) is 40.2 Å².